The van der Waals surface area contributed by atoms with Crippen molar-refractivity contribution in [3.8, 4) is 11.3 Å². The number of aryl methyl sites for hydroxylation is 1. The Hall–Kier alpha value is -2.93. The first-order chi connectivity index (χ1) is 12.4. The largest absolute Gasteiger partial charge is 0.477 e. The Labute approximate surface area is 148 Å². The summed E-state index contributed by atoms with van der Waals surface area (Å²) in [6.45, 7) is 2.00. The SMILES string of the molecule is Cc1c(-c2[nH]ccc2CN)c(F)cn2c(=O)c(C(=O)O)cc(C3CC3)c12. The highest BCUT2D eigenvalue weighted by Gasteiger charge is 2.30. The van der Waals surface area contributed by atoms with Crippen molar-refractivity contribution in [2.45, 2.75) is 32.2 Å². The van der Waals surface area contributed by atoms with Crippen molar-refractivity contribution in [1.29, 1.82) is 0 Å². The van der Waals surface area contributed by atoms with Gasteiger partial charge in [-0.25, -0.2) is 9.18 Å². The summed E-state index contributed by atoms with van der Waals surface area (Å²) in [4.78, 5) is 27.0. The van der Waals surface area contributed by atoms with Gasteiger partial charge in [-0.05, 0) is 54.5 Å². The third-order valence-corrected chi connectivity index (χ3v) is 5.03. The molecule has 6 nitrogen and oxygen atoms in total. The number of hydrogen-bond donors (Lipinski definition) is 3. The van der Waals surface area contributed by atoms with Crippen molar-refractivity contribution in [3.63, 3.8) is 0 Å². The standard InChI is InChI=1S/C19H18FN3O3/c1-9-15(16-11(7-21)4-5-22-16)14(20)8-23-17(9)12(10-2-3-10)6-13(18(23)24)19(25)26/h4-6,8,10,22H,2-3,7,21H2,1H3,(H,25,26). The molecule has 1 aliphatic rings. The van der Waals surface area contributed by atoms with E-state index in [1.165, 1.54) is 6.07 Å². The number of nitrogens with two attached hydrogens (primary N) is 1. The van der Waals surface area contributed by atoms with E-state index in [-0.39, 0.29) is 18.0 Å². The summed E-state index contributed by atoms with van der Waals surface area (Å²) < 4.78 is 16.1. The minimum atomic E-state index is -1.30. The lowest BCUT2D eigenvalue weighted by molar-refractivity contribution is 0.0694. The van der Waals surface area contributed by atoms with Gasteiger partial charge in [0.25, 0.3) is 5.56 Å². The number of carboxylic acids is 1. The number of nitrogens with zero attached hydrogens (tertiary/aromatic N) is 1. The Morgan fingerprint density at radius 2 is 2.19 bits per heavy atom. The summed E-state index contributed by atoms with van der Waals surface area (Å²) in [7, 11) is 0. The zero-order valence-corrected chi connectivity index (χ0v) is 14.2. The molecule has 0 aliphatic heterocycles. The van der Waals surface area contributed by atoms with Gasteiger partial charge in [-0.2, -0.15) is 0 Å². The Kier molecular flexibility index (Phi) is 3.69. The molecular weight excluding hydrogens is 337 g/mol. The number of carboxylic acid groups (broad SMARTS) is 1. The zero-order valence-electron chi connectivity index (χ0n) is 14.2. The summed E-state index contributed by atoms with van der Waals surface area (Å²) in [5.41, 5.74) is 8.36. The summed E-state index contributed by atoms with van der Waals surface area (Å²) in [5, 5.41) is 9.34. The van der Waals surface area contributed by atoms with Crippen LogP contribution >= 0.6 is 0 Å². The molecule has 1 saturated carbocycles. The van der Waals surface area contributed by atoms with Crippen molar-refractivity contribution in [2.75, 3.05) is 0 Å². The van der Waals surface area contributed by atoms with Crippen molar-refractivity contribution < 1.29 is 14.3 Å². The number of rotatable bonds is 4. The van der Waals surface area contributed by atoms with E-state index in [4.69, 9.17) is 5.73 Å². The van der Waals surface area contributed by atoms with Gasteiger partial charge < -0.3 is 15.8 Å². The summed E-state index contributed by atoms with van der Waals surface area (Å²) in [6, 6.07) is 3.24. The quantitative estimate of drug-likeness (QED) is 0.670. The number of hydrogen-bond acceptors (Lipinski definition) is 3. The van der Waals surface area contributed by atoms with E-state index in [0.717, 1.165) is 34.6 Å². The maximum Gasteiger partial charge on any atom is 0.341 e. The Bertz CT molecular complexity index is 1110. The summed E-state index contributed by atoms with van der Waals surface area (Å²) >= 11 is 0. The van der Waals surface area contributed by atoms with E-state index in [1.807, 2.05) is 0 Å². The molecule has 26 heavy (non-hydrogen) atoms. The lowest BCUT2D eigenvalue weighted by atomic mass is 9.97. The lowest BCUT2D eigenvalue weighted by Gasteiger charge is -2.16. The molecule has 0 spiro atoms. The maximum absolute atomic E-state index is 15.0. The average molecular weight is 355 g/mol. The molecule has 0 radical (unpaired) electrons. The van der Waals surface area contributed by atoms with Crippen LogP contribution in [0, 0.1) is 12.7 Å². The molecule has 7 heteroatoms. The van der Waals surface area contributed by atoms with Crippen LogP contribution in [0.4, 0.5) is 4.39 Å². The number of aromatic nitrogens is 2. The summed E-state index contributed by atoms with van der Waals surface area (Å²) in [5.74, 6) is -1.71. The highest BCUT2D eigenvalue weighted by Crippen LogP contribution is 2.44. The molecule has 0 saturated heterocycles. The molecular formula is C19H18FN3O3. The molecule has 1 fully saturated rings. The molecule has 0 aromatic carbocycles. The van der Waals surface area contributed by atoms with Crippen LogP contribution in [-0.2, 0) is 6.54 Å². The van der Waals surface area contributed by atoms with Gasteiger partial charge in [0.05, 0.1) is 11.2 Å². The van der Waals surface area contributed by atoms with Crippen LogP contribution in [-0.4, -0.2) is 20.5 Å². The molecule has 4 rings (SSSR count). The van der Waals surface area contributed by atoms with Crippen LogP contribution in [0.15, 0.2) is 29.3 Å². The number of carbonyl (C=O) groups is 1. The second-order valence-corrected chi connectivity index (χ2v) is 6.68. The third-order valence-electron chi connectivity index (χ3n) is 5.03. The van der Waals surface area contributed by atoms with Crippen molar-refractivity contribution in [1.82, 2.24) is 9.38 Å². The zero-order chi connectivity index (χ0) is 18.6. The molecule has 3 heterocycles. The predicted octanol–water partition coefficient (Wildman–Crippen LogP) is 2.78. The highest BCUT2D eigenvalue weighted by molar-refractivity contribution is 5.89. The van der Waals surface area contributed by atoms with Crippen molar-refractivity contribution in [3.05, 3.63) is 63.0 Å². The maximum atomic E-state index is 15.0. The van der Waals surface area contributed by atoms with Crippen LogP contribution in [0.25, 0.3) is 16.8 Å². The first-order valence-electron chi connectivity index (χ1n) is 8.42. The molecule has 0 amide bonds. The van der Waals surface area contributed by atoms with E-state index in [1.54, 1.807) is 19.2 Å². The molecule has 3 aromatic rings. The van der Waals surface area contributed by atoms with Crippen molar-refractivity contribution in [2.24, 2.45) is 5.73 Å². The van der Waals surface area contributed by atoms with Gasteiger partial charge in [0.2, 0.25) is 0 Å². The fraction of sp³-hybridized carbons (Fsp3) is 0.263. The van der Waals surface area contributed by atoms with Gasteiger partial charge >= 0.3 is 5.97 Å². The van der Waals surface area contributed by atoms with Crippen LogP contribution in [0.5, 0.6) is 0 Å². The minimum Gasteiger partial charge on any atom is -0.477 e. The number of pyridine rings is 2. The number of nitrogens with one attached hydrogen (secondary N) is 1. The van der Waals surface area contributed by atoms with Crippen molar-refractivity contribution >= 4 is 11.5 Å². The second-order valence-electron chi connectivity index (χ2n) is 6.68. The fourth-order valence-electron chi connectivity index (χ4n) is 3.62. The van der Waals surface area contributed by atoms with Gasteiger partial charge in [-0.15, -0.1) is 0 Å². The Morgan fingerprint density at radius 3 is 2.81 bits per heavy atom. The smallest absolute Gasteiger partial charge is 0.341 e. The van der Waals surface area contributed by atoms with Gasteiger partial charge in [-0.1, -0.05) is 0 Å². The van der Waals surface area contributed by atoms with Gasteiger partial charge in [0.15, 0.2) is 0 Å². The van der Waals surface area contributed by atoms with Gasteiger partial charge in [0.1, 0.15) is 11.4 Å². The third kappa shape index (κ3) is 2.35. The monoisotopic (exact) mass is 355 g/mol. The number of aromatic amines is 1. The predicted molar refractivity (Wildman–Crippen MR) is 95.0 cm³/mol. The van der Waals surface area contributed by atoms with E-state index in [2.05, 4.69) is 4.98 Å². The van der Waals surface area contributed by atoms with Crippen LogP contribution in [0.3, 0.4) is 0 Å². The van der Waals surface area contributed by atoms with E-state index in [9.17, 15) is 19.1 Å². The van der Waals surface area contributed by atoms with Gasteiger partial charge in [-0.3, -0.25) is 9.20 Å². The molecule has 0 bridgehead atoms. The van der Waals surface area contributed by atoms with E-state index in [0.29, 0.717) is 22.3 Å². The van der Waals surface area contributed by atoms with Crippen LogP contribution in [0.2, 0.25) is 0 Å². The lowest BCUT2D eigenvalue weighted by Crippen LogP contribution is -2.24. The normalized spacial score (nSPS) is 14.1. The summed E-state index contributed by atoms with van der Waals surface area (Å²) in [6.07, 6.45) is 4.63. The number of fused-ring (bicyclic) bond motifs is 1. The van der Waals surface area contributed by atoms with E-state index < -0.39 is 17.3 Å². The van der Waals surface area contributed by atoms with Gasteiger partial charge in [0, 0.05) is 24.5 Å². The number of aromatic carboxylic acids is 1. The highest BCUT2D eigenvalue weighted by atomic mass is 19.1. The number of H-pyrrole nitrogens is 1. The Balaban J connectivity index is 2.13. The molecule has 3 aromatic heterocycles. The fourth-order valence-corrected chi connectivity index (χ4v) is 3.62. The molecule has 134 valence electrons. The molecule has 4 N–H and O–H groups in total. The first kappa shape index (κ1) is 16.5. The topological polar surface area (TPSA) is 101 Å². The molecule has 0 atom stereocenters. The minimum absolute atomic E-state index is 0.193. The van der Waals surface area contributed by atoms with Crippen LogP contribution < -0.4 is 11.3 Å². The second kappa shape index (κ2) is 5.81. The van der Waals surface area contributed by atoms with E-state index >= 15 is 0 Å². The molecule has 1 aliphatic carbocycles. The number of halogens is 1. The molecule has 0 unspecified atom stereocenters. The first-order valence-corrected chi connectivity index (χ1v) is 8.42. The Morgan fingerprint density at radius 1 is 1.46 bits per heavy atom. The average Bonchev–Trinajstić information content (AvgIpc) is 3.34. The van der Waals surface area contributed by atoms with Crippen LogP contribution in [0.1, 0.15) is 45.8 Å².